The lowest BCUT2D eigenvalue weighted by molar-refractivity contribution is 0.0782. The molecule has 0 aliphatic carbocycles. The van der Waals surface area contributed by atoms with Gasteiger partial charge in [0.2, 0.25) is 11.8 Å². The van der Waals surface area contributed by atoms with E-state index < -0.39 is 0 Å². The molecule has 0 spiro atoms. The molecule has 1 saturated heterocycles. The van der Waals surface area contributed by atoms with Crippen molar-refractivity contribution >= 4 is 5.91 Å². The van der Waals surface area contributed by atoms with E-state index >= 15 is 0 Å². The van der Waals surface area contributed by atoms with Gasteiger partial charge in [-0.15, -0.1) is 0 Å². The summed E-state index contributed by atoms with van der Waals surface area (Å²) in [6.45, 7) is 1.15. The van der Waals surface area contributed by atoms with E-state index in [1.165, 1.54) is 20.5 Å². The molecule has 0 radical (unpaired) electrons. The molecule has 0 saturated carbocycles. The van der Waals surface area contributed by atoms with Crippen LogP contribution in [-0.4, -0.2) is 54.1 Å². The molecule has 1 atom stereocenters. The largest absolute Gasteiger partial charge is 0.480 e. The van der Waals surface area contributed by atoms with Crippen LogP contribution in [0.3, 0.4) is 0 Å². The smallest absolute Gasteiger partial charge is 0.264 e. The molecule has 7 heteroatoms. The average molecular weight is 252 g/mol. The van der Waals surface area contributed by atoms with Gasteiger partial charge in [-0.05, 0) is 6.42 Å². The number of carbonyl (C=O) groups excluding carboxylic acids is 1. The van der Waals surface area contributed by atoms with Gasteiger partial charge in [-0.25, -0.2) is 9.97 Å². The van der Waals surface area contributed by atoms with Crippen LogP contribution in [0.4, 0.5) is 0 Å². The molecule has 0 aromatic carbocycles. The zero-order chi connectivity index (χ0) is 13.1. The summed E-state index contributed by atoms with van der Waals surface area (Å²) in [4.78, 5) is 21.9. The minimum absolute atomic E-state index is 0.0237. The van der Waals surface area contributed by atoms with Crippen LogP contribution in [0.2, 0.25) is 0 Å². The molecule has 2 rings (SSSR count). The van der Waals surface area contributed by atoms with E-state index in [1.54, 1.807) is 4.90 Å². The number of carbonyl (C=O) groups is 1. The number of methoxy groups -OCH3 is 2. The Kier molecular flexibility index (Phi) is 3.61. The first-order valence-corrected chi connectivity index (χ1v) is 5.65. The van der Waals surface area contributed by atoms with Crippen molar-refractivity contribution < 1.29 is 14.3 Å². The molecular formula is C11H16N4O3. The third-order valence-corrected chi connectivity index (χ3v) is 2.89. The molecule has 1 aliphatic rings. The molecule has 7 nitrogen and oxygen atoms in total. The van der Waals surface area contributed by atoms with Crippen molar-refractivity contribution in [1.82, 2.24) is 14.9 Å². The molecule has 1 aromatic rings. The maximum absolute atomic E-state index is 12.4. The van der Waals surface area contributed by atoms with E-state index in [1.807, 2.05) is 0 Å². The quantitative estimate of drug-likeness (QED) is 0.792. The Hall–Kier alpha value is -1.89. The molecule has 0 unspecified atom stereocenters. The number of nitrogens with zero attached hydrogens (tertiary/aromatic N) is 3. The summed E-state index contributed by atoms with van der Waals surface area (Å²) in [5, 5.41) is 0. The first-order valence-electron chi connectivity index (χ1n) is 5.65. The number of ether oxygens (including phenoxy) is 2. The van der Waals surface area contributed by atoms with Crippen LogP contribution in [0.5, 0.6) is 11.8 Å². The summed E-state index contributed by atoms with van der Waals surface area (Å²) >= 11 is 0. The van der Waals surface area contributed by atoms with Crippen LogP contribution in [0.25, 0.3) is 0 Å². The molecule has 1 aromatic heterocycles. The van der Waals surface area contributed by atoms with Crippen LogP contribution >= 0.6 is 0 Å². The van der Waals surface area contributed by atoms with Crippen molar-refractivity contribution in [2.75, 3.05) is 27.3 Å². The fraction of sp³-hybridized carbons (Fsp3) is 0.545. The van der Waals surface area contributed by atoms with Crippen molar-refractivity contribution in [1.29, 1.82) is 0 Å². The fourth-order valence-electron chi connectivity index (χ4n) is 1.98. The maximum atomic E-state index is 12.4. The molecule has 1 aliphatic heterocycles. The van der Waals surface area contributed by atoms with E-state index in [0.29, 0.717) is 13.1 Å². The van der Waals surface area contributed by atoms with Crippen molar-refractivity contribution in [3.8, 4) is 11.8 Å². The Morgan fingerprint density at radius 1 is 1.39 bits per heavy atom. The predicted octanol–water partition coefficient (Wildman–Crippen LogP) is -0.333. The highest BCUT2D eigenvalue weighted by molar-refractivity contribution is 5.98. The topological polar surface area (TPSA) is 90.6 Å². The van der Waals surface area contributed by atoms with Gasteiger partial charge in [-0.1, -0.05) is 0 Å². The van der Waals surface area contributed by atoms with Crippen molar-refractivity contribution in [2.24, 2.45) is 5.73 Å². The third kappa shape index (κ3) is 2.21. The van der Waals surface area contributed by atoms with Crippen LogP contribution < -0.4 is 15.2 Å². The highest BCUT2D eigenvalue weighted by Gasteiger charge is 2.30. The summed E-state index contributed by atoms with van der Waals surface area (Å²) < 4.78 is 10.2. The normalized spacial score (nSPS) is 18.8. The minimum Gasteiger partial charge on any atom is -0.480 e. The summed E-state index contributed by atoms with van der Waals surface area (Å²) in [5.74, 6) is 0.219. The fourth-order valence-corrected chi connectivity index (χ4v) is 1.98. The molecule has 2 N–H and O–H groups in total. The molecular weight excluding hydrogens is 236 g/mol. The SMILES string of the molecule is COc1ncnc(OC)c1C(=O)N1CC[C@@H](N)C1. The zero-order valence-corrected chi connectivity index (χ0v) is 10.4. The highest BCUT2D eigenvalue weighted by Crippen LogP contribution is 2.26. The Labute approximate surface area is 105 Å². The van der Waals surface area contributed by atoms with Gasteiger partial charge in [0.1, 0.15) is 6.33 Å². The number of nitrogens with two attached hydrogens (primary N) is 1. The first-order chi connectivity index (χ1) is 8.67. The van der Waals surface area contributed by atoms with Gasteiger partial charge in [-0.3, -0.25) is 4.79 Å². The van der Waals surface area contributed by atoms with Crippen molar-refractivity contribution in [2.45, 2.75) is 12.5 Å². The van der Waals surface area contributed by atoms with E-state index in [4.69, 9.17) is 15.2 Å². The van der Waals surface area contributed by atoms with Gasteiger partial charge in [0.05, 0.1) is 14.2 Å². The number of aromatic nitrogens is 2. The van der Waals surface area contributed by atoms with Gasteiger partial charge < -0.3 is 20.1 Å². The molecule has 2 heterocycles. The number of hydrogen-bond acceptors (Lipinski definition) is 6. The van der Waals surface area contributed by atoms with Crippen molar-refractivity contribution in [3.63, 3.8) is 0 Å². The second-order valence-electron chi connectivity index (χ2n) is 4.07. The second kappa shape index (κ2) is 5.18. The summed E-state index contributed by atoms with van der Waals surface area (Å²) in [5.41, 5.74) is 6.04. The monoisotopic (exact) mass is 252 g/mol. The second-order valence-corrected chi connectivity index (χ2v) is 4.07. The highest BCUT2D eigenvalue weighted by atomic mass is 16.5. The summed E-state index contributed by atoms with van der Waals surface area (Å²) in [6.07, 6.45) is 2.09. The molecule has 98 valence electrons. The Balaban J connectivity index is 2.34. The lowest BCUT2D eigenvalue weighted by Gasteiger charge is -2.18. The number of hydrogen-bond donors (Lipinski definition) is 1. The van der Waals surface area contributed by atoms with Gasteiger partial charge in [0, 0.05) is 19.1 Å². The molecule has 0 bridgehead atoms. The Morgan fingerprint density at radius 2 is 2.00 bits per heavy atom. The number of amides is 1. The Morgan fingerprint density at radius 3 is 2.44 bits per heavy atom. The van der Waals surface area contributed by atoms with E-state index in [9.17, 15) is 4.79 Å². The van der Waals surface area contributed by atoms with Crippen LogP contribution in [0, 0.1) is 0 Å². The predicted molar refractivity (Wildman–Crippen MR) is 63.6 cm³/mol. The maximum Gasteiger partial charge on any atom is 0.264 e. The average Bonchev–Trinajstić information content (AvgIpc) is 2.83. The van der Waals surface area contributed by atoms with Crippen LogP contribution in [-0.2, 0) is 0 Å². The Bertz CT molecular complexity index is 430. The lowest BCUT2D eigenvalue weighted by Crippen LogP contribution is -2.32. The standard InChI is InChI=1S/C11H16N4O3/c1-17-9-8(10(18-2)14-6-13-9)11(16)15-4-3-7(12)5-15/h6-7H,3-5,12H2,1-2H3/t7-/m1/s1. The van der Waals surface area contributed by atoms with Gasteiger partial charge in [0.25, 0.3) is 5.91 Å². The van der Waals surface area contributed by atoms with Gasteiger partial charge >= 0.3 is 0 Å². The first kappa shape index (κ1) is 12.6. The lowest BCUT2D eigenvalue weighted by atomic mass is 10.2. The van der Waals surface area contributed by atoms with Crippen LogP contribution in [0.15, 0.2) is 6.33 Å². The van der Waals surface area contributed by atoms with E-state index in [2.05, 4.69) is 9.97 Å². The summed E-state index contributed by atoms with van der Waals surface area (Å²) in [6, 6.07) is 0.0237. The molecule has 1 fully saturated rings. The van der Waals surface area contributed by atoms with E-state index in [0.717, 1.165) is 6.42 Å². The third-order valence-electron chi connectivity index (χ3n) is 2.89. The van der Waals surface area contributed by atoms with Gasteiger partial charge in [-0.2, -0.15) is 0 Å². The van der Waals surface area contributed by atoms with Gasteiger partial charge in [0.15, 0.2) is 5.56 Å². The minimum atomic E-state index is -0.211. The van der Waals surface area contributed by atoms with E-state index in [-0.39, 0.29) is 29.3 Å². The number of likely N-dealkylation sites (tertiary alicyclic amines) is 1. The van der Waals surface area contributed by atoms with Crippen LogP contribution in [0.1, 0.15) is 16.8 Å². The number of rotatable bonds is 3. The zero-order valence-electron chi connectivity index (χ0n) is 10.4. The van der Waals surface area contributed by atoms with Crippen molar-refractivity contribution in [3.05, 3.63) is 11.9 Å². The summed E-state index contributed by atoms with van der Waals surface area (Å²) in [7, 11) is 2.91. The molecule has 1 amide bonds. The molecule has 18 heavy (non-hydrogen) atoms.